The molecule has 1 aliphatic heterocycles. The SMILES string of the molecule is Cc1cnc(CN2Cc3ccccc3C2)c(C)c1N. The first-order valence-corrected chi connectivity index (χ1v) is 6.65. The molecule has 0 atom stereocenters. The van der Waals surface area contributed by atoms with Crippen LogP contribution in [0.5, 0.6) is 0 Å². The zero-order valence-corrected chi connectivity index (χ0v) is 11.5. The van der Waals surface area contributed by atoms with Crippen LogP contribution in [0.15, 0.2) is 30.5 Å². The summed E-state index contributed by atoms with van der Waals surface area (Å²) in [5.74, 6) is 0. The van der Waals surface area contributed by atoms with Crippen molar-refractivity contribution in [1.29, 1.82) is 0 Å². The van der Waals surface area contributed by atoms with Gasteiger partial charge in [0, 0.05) is 31.5 Å². The summed E-state index contributed by atoms with van der Waals surface area (Å²) < 4.78 is 0. The van der Waals surface area contributed by atoms with Crippen LogP contribution in [0, 0.1) is 13.8 Å². The van der Waals surface area contributed by atoms with Crippen LogP contribution in [0.2, 0.25) is 0 Å². The minimum absolute atomic E-state index is 0.866. The van der Waals surface area contributed by atoms with Crippen LogP contribution in [-0.4, -0.2) is 9.88 Å². The van der Waals surface area contributed by atoms with Gasteiger partial charge >= 0.3 is 0 Å². The molecule has 0 bridgehead atoms. The van der Waals surface area contributed by atoms with E-state index in [1.165, 1.54) is 11.1 Å². The maximum Gasteiger partial charge on any atom is 0.0594 e. The summed E-state index contributed by atoms with van der Waals surface area (Å²) in [5, 5.41) is 0. The molecule has 0 spiro atoms. The molecule has 3 heteroatoms. The van der Waals surface area contributed by atoms with Gasteiger partial charge in [0.2, 0.25) is 0 Å². The Morgan fingerprint density at radius 3 is 2.42 bits per heavy atom. The van der Waals surface area contributed by atoms with E-state index in [-0.39, 0.29) is 0 Å². The van der Waals surface area contributed by atoms with Gasteiger partial charge in [-0.2, -0.15) is 0 Å². The van der Waals surface area contributed by atoms with E-state index >= 15 is 0 Å². The fraction of sp³-hybridized carbons (Fsp3) is 0.312. The van der Waals surface area contributed by atoms with Crippen molar-refractivity contribution in [3.63, 3.8) is 0 Å². The van der Waals surface area contributed by atoms with Crippen molar-refractivity contribution in [3.05, 3.63) is 58.4 Å². The first-order valence-electron chi connectivity index (χ1n) is 6.65. The molecule has 0 unspecified atom stereocenters. The minimum atomic E-state index is 0.866. The predicted octanol–water partition coefficient (Wildman–Crippen LogP) is 2.80. The molecule has 1 aliphatic rings. The molecule has 3 rings (SSSR count). The third-order valence-corrected chi connectivity index (χ3v) is 3.96. The topological polar surface area (TPSA) is 42.2 Å². The summed E-state index contributed by atoms with van der Waals surface area (Å²) in [5.41, 5.74) is 13.1. The maximum atomic E-state index is 6.08. The van der Waals surface area contributed by atoms with Crippen LogP contribution in [0.1, 0.15) is 27.9 Å². The summed E-state index contributed by atoms with van der Waals surface area (Å²) in [4.78, 5) is 6.95. The number of nitrogens with two attached hydrogens (primary N) is 1. The van der Waals surface area contributed by atoms with Gasteiger partial charge in [-0.3, -0.25) is 9.88 Å². The van der Waals surface area contributed by atoms with E-state index in [1.54, 1.807) is 0 Å². The molecular formula is C16H19N3. The molecule has 1 aromatic carbocycles. The number of fused-ring (bicyclic) bond motifs is 1. The molecule has 0 amide bonds. The Morgan fingerprint density at radius 1 is 1.16 bits per heavy atom. The highest BCUT2D eigenvalue weighted by Gasteiger charge is 2.19. The maximum absolute atomic E-state index is 6.08. The predicted molar refractivity (Wildman–Crippen MR) is 77.5 cm³/mol. The second-order valence-corrected chi connectivity index (χ2v) is 5.34. The van der Waals surface area contributed by atoms with Crippen LogP contribution in [0.4, 0.5) is 5.69 Å². The van der Waals surface area contributed by atoms with E-state index in [4.69, 9.17) is 5.73 Å². The fourth-order valence-corrected chi connectivity index (χ4v) is 2.68. The molecule has 0 saturated heterocycles. The lowest BCUT2D eigenvalue weighted by Crippen LogP contribution is -2.18. The van der Waals surface area contributed by atoms with Crippen molar-refractivity contribution >= 4 is 5.69 Å². The zero-order valence-electron chi connectivity index (χ0n) is 11.5. The monoisotopic (exact) mass is 253 g/mol. The normalized spacial score (nSPS) is 14.6. The molecule has 0 fully saturated rings. The molecule has 3 nitrogen and oxygen atoms in total. The van der Waals surface area contributed by atoms with Crippen molar-refractivity contribution in [1.82, 2.24) is 9.88 Å². The zero-order chi connectivity index (χ0) is 13.4. The second kappa shape index (κ2) is 4.67. The van der Waals surface area contributed by atoms with Crippen LogP contribution >= 0.6 is 0 Å². The van der Waals surface area contributed by atoms with Crippen LogP contribution < -0.4 is 5.73 Å². The first-order chi connectivity index (χ1) is 9.15. The Hall–Kier alpha value is -1.87. The van der Waals surface area contributed by atoms with Crippen LogP contribution in [0.3, 0.4) is 0 Å². The standard InChI is InChI=1S/C16H19N3/c1-11-7-18-15(12(2)16(11)17)10-19-8-13-5-3-4-6-14(13)9-19/h3-7H,8-10H2,1-2H3,(H2,17,18). The molecule has 2 N–H and O–H groups in total. The Morgan fingerprint density at radius 2 is 1.79 bits per heavy atom. The first kappa shape index (κ1) is 12.2. The summed E-state index contributed by atoms with van der Waals surface area (Å²) in [7, 11) is 0. The van der Waals surface area contributed by atoms with E-state index in [9.17, 15) is 0 Å². The molecule has 0 radical (unpaired) electrons. The van der Waals surface area contributed by atoms with Gasteiger partial charge in [-0.25, -0.2) is 0 Å². The average molecular weight is 253 g/mol. The lowest BCUT2D eigenvalue weighted by atomic mass is 10.1. The number of aryl methyl sites for hydroxylation is 1. The van der Waals surface area contributed by atoms with Crippen molar-refractivity contribution in [2.75, 3.05) is 5.73 Å². The number of aromatic nitrogens is 1. The Balaban J connectivity index is 1.80. The summed E-state index contributed by atoms with van der Waals surface area (Å²) in [6.07, 6.45) is 1.88. The van der Waals surface area contributed by atoms with E-state index in [0.29, 0.717) is 0 Å². The molecule has 98 valence electrons. The highest BCUT2D eigenvalue weighted by Crippen LogP contribution is 2.25. The molecule has 2 heterocycles. The Labute approximate surface area is 114 Å². The fourth-order valence-electron chi connectivity index (χ4n) is 2.68. The second-order valence-electron chi connectivity index (χ2n) is 5.34. The smallest absolute Gasteiger partial charge is 0.0594 e. The third kappa shape index (κ3) is 2.22. The lowest BCUT2D eigenvalue weighted by Gasteiger charge is -2.17. The van der Waals surface area contributed by atoms with Gasteiger partial charge in [-0.1, -0.05) is 24.3 Å². The van der Waals surface area contributed by atoms with Gasteiger partial charge in [-0.15, -0.1) is 0 Å². The van der Waals surface area contributed by atoms with Crippen LogP contribution in [0.25, 0.3) is 0 Å². The van der Waals surface area contributed by atoms with Crippen molar-refractivity contribution in [2.45, 2.75) is 33.5 Å². The minimum Gasteiger partial charge on any atom is -0.398 e. The Bertz CT molecular complexity index is 594. The number of anilines is 1. The number of rotatable bonds is 2. The highest BCUT2D eigenvalue weighted by atomic mass is 15.1. The molecule has 0 aliphatic carbocycles. The summed E-state index contributed by atoms with van der Waals surface area (Å²) in [6.45, 7) is 6.94. The van der Waals surface area contributed by atoms with Crippen LogP contribution in [-0.2, 0) is 19.6 Å². The van der Waals surface area contributed by atoms with Crippen molar-refractivity contribution in [3.8, 4) is 0 Å². The number of hydrogen-bond acceptors (Lipinski definition) is 3. The van der Waals surface area contributed by atoms with Crippen molar-refractivity contribution in [2.24, 2.45) is 0 Å². The van der Waals surface area contributed by atoms with E-state index in [2.05, 4.69) is 41.1 Å². The number of pyridine rings is 1. The molecule has 0 saturated carbocycles. The third-order valence-electron chi connectivity index (χ3n) is 3.96. The van der Waals surface area contributed by atoms with Gasteiger partial charge in [0.25, 0.3) is 0 Å². The molecule has 2 aromatic rings. The molecular weight excluding hydrogens is 234 g/mol. The Kier molecular flexibility index (Phi) is 2.99. The van der Waals surface area contributed by atoms with Gasteiger partial charge in [0.1, 0.15) is 0 Å². The molecule has 19 heavy (non-hydrogen) atoms. The lowest BCUT2D eigenvalue weighted by molar-refractivity contribution is 0.271. The quantitative estimate of drug-likeness (QED) is 0.895. The number of nitrogen functional groups attached to an aromatic ring is 1. The largest absolute Gasteiger partial charge is 0.398 e. The number of hydrogen-bond donors (Lipinski definition) is 1. The van der Waals surface area contributed by atoms with E-state index in [1.807, 2.05) is 13.1 Å². The summed E-state index contributed by atoms with van der Waals surface area (Å²) >= 11 is 0. The van der Waals surface area contributed by atoms with Crippen molar-refractivity contribution < 1.29 is 0 Å². The average Bonchev–Trinajstić information content (AvgIpc) is 2.82. The number of benzene rings is 1. The van der Waals surface area contributed by atoms with Gasteiger partial charge in [0.15, 0.2) is 0 Å². The van der Waals surface area contributed by atoms with Gasteiger partial charge < -0.3 is 5.73 Å². The summed E-state index contributed by atoms with van der Waals surface area (Å²) in [6, 6.07) is 8.63. The molecule has 1 aromatic heterocycles. The highest BCUT2D eigenvalue weighted by molar-refractivity contribution is 5.53. The van der Waals surface area contributed by atoms with Gasteiger partial charge in [0.05, 0.1) is 5.69 Å². The van der Waals surface area contributed by atoms with E-state index < -0.39 is 0 Å². The van der Waals surface area contributed by atoms with Gasteiger partial charge in [-0.05, 0) is 36.1 Å². The van der Waals surface area contributed by atoms with E-state index in [0.717, 1.165) is 42.1 Å². The number of nitrogens with zero attached hydrogens (tertiary/aromatic N) is 2.